The maximum atomic E-state index is 12.2. The molecule has 0 aromatic heterocycles. The number of guanidine groups is 1. The Morgan fingerprint density at radius 2 is 1.89 bits per heavy atom. The van der Waals surface area contributed by atoms with Crippen LogP contribution in [0.3, 0.4) is 0 Å². The highest BCUT2D eigenvalue weighted by Gasteiger charge is 2.28. The van der Waals surface area contributed by atoms with Crippen LogP contribution in [0.4, 0.5) is 0 Å². The van der Waals surface area contributed by atoms with Crippen molar-refractivity contribution in [2.24, 2.45) is 16.8 Å². The Kier molecular flexibility index (Phi) is 8.83. The number of ether oxygens (including phenoxy) is 1. The van der Waals surface area contributed by atoms with Gasteiger partial charge in [-0.3, -0.25) is 14.7 Å². The number of nitrogens with one attached hydrogen (secondary N) is 2. The molecular weight excluding hydrogens is 342 g/mol. The highest BCUT2D eigenvalue weighted by atomic mass is 16.5. The van der Waals surface area contributed by atoms with Crippen LogP contribution in [0.5, 0.6) is 0 Å². The minimum Gasteiger partial charge on any atom is -0.379 e. The van der Waals surface area contributed by atoms with Crippen LogP contribution in [0.2, 0.25) is 0 Å². The van der Waals surface area contributed by atoms with E-state index in [9.17, 15) is 4.79 Å². The van der Waals surface area contributed by atoms with Crippen molar-refractivity contribution in [3.05, 3.63) is 0 Å². The van der Waals surface area contributed by atoms with Crippen molar-refractivity contribution >= 4 is 11.9 Å². The number of rotatable bonds is 7. The van der Waals surface area contributed by atoms with Gasteiger partial charge in [0.2, 0.25) is 5.91 Å². The highest BCUT2D eigenvalue weighted by Crippen LogP contribution is 2.15. The first-order valence-electron chi connectivity index (χ1n) is 10.6. The van der Waals surface area contributed by atoms with E-state index in [1.807, 2.05) is 18.7 Å². The number of morpholine rings is 1. The van der Waals surface area contributed by atoms with Crippen molar-refractivity contribution in [1.82, 2.24) is 20.4 Å². The van der Waals surface area contributed by atoms with Gasteiger partial charge >= 0.3 is 0 Å². The number of hydrogen-bond acceptors (Lipinski definition) is 4. The molecule has 0 spiro atoms. The predicted molar refractivity (Wildman–Crippen MR) is 110 cm³/mol. The first kappa shape index (κ1) is 22.0. The molecule has 7 nitrogen and oxygen atoms in total. The number of carbonyl (C=O) groups excluding carboxylic acids is 1. The maximum absolute atomic E-state index is 12.2. The zero-order valence-corrected chi connectivity index (χ0v) is 17.8. The van der Waals surface area contributed by atoms with Gasteiger partial charge in [-0.1, -0.05) is 27.7 Å². The molecule has 2 rings (SSSR count). The average molecular weight is 382 g/mol. The Hall–Kier alpha value is -1.34. The Bertz CT molecular complexity index is 489. The Labute approximate surface area is 164 Å². The molecule has 2 aliphatic rings. The lowest BCUT2D eigenvalue weighted by Gasteiger charge is -2.36. The van der Waals surface area contributed by atoms with Gasteiger partial charge in [0.05, 0.1) is 19.8 Å². The van der Waals surface area contributed by atoms with E-state index in [1.165, 1.54) is 0 Å². The van der Waals surface area contributed by atoms with Gasteiger partial charge in [0.15, 0.2) is 5.96 Å². The molecule has 27 heavy (non-hydrogen) atoms. The fraction of sp³-hybridized carbons (Fsp3) is 0.900. The van der Waals surface area contributed by atoms with Crippen LogP contribution in [-0.4, -0.2) is 86.2 Å². The Morgan fingerprint density at radius 1 is 1.19 bits per heavy atom. The molecule has 0 aliphatic carbocycles. The molecule has 156 valence electrons. The molecule has 0 saturated carbocycles. The van der Waals surface area contributed by atoms with Crippen LogP contribution in [0.15, 0.2) is 4.99 Å². The highest BCUT2D eigenvalue weighted by molar-refractivity contribution is 5.81. The summed E-state index contributed by atoms with van der Waals surface area (Å²) in [6.07, 6.45) is 0.972. The van der Waals surface area contributed by atoms with Gasteiger partial charge in [0, 0.05) is 50.7 Å². The monoisotopic (exact) mass is 381 g/mol. The second kappa shape index (κ2) is 10.9. The standard InChI is InChI=1S/C20H39N5O2/c1-6-21-20(23-17-7-8-25(14-17)19(26)16(4)5)22-13-18(15(2)3)24-9-11-27-12-10-24/h15-18H,6-14H2,1-5H3,(H2,21,22,23). The van der Waals surface area contributed by atoms with Gasteiger partial charge in [-0.05, 0) is 19.3 Å². The van der Waals surface area contributed by atoms with E-state index in [4.69, 9.17) is 9.73 Å². The summed E-state index contributed by atoms with van der Waals surface area (Å²) in [5, 5.41) is 6.91. The smallest absolute Gasteiger partial charge is 0.225 e. The van der Waals surface area contributed by atoms with E-state index < -0.39 is 0 Å². The quantitative estimate of drug-likeness (QED) is 0.512. The van der Waals surface area contributed by atoms with E-state index in [-0.39, 0.29) is 17.9 Å². The van der Waals surface area contributed by atoms with Gasteiger partial charge in [-0.2, -0.15) is 0 Å². The lowest BCUT2D eigenvalue weighted by atomic mass is 10.0. The van der Waals surface area contributed by atoms with Crippen molar-refractivity contribution in [1.29, 1.82) is 0 Å². The number of amides is 1. The van der Waals surface area contributed by atoms with Crippen molar-refractivity contribution in [2.75, 3.05) is 52.5 Å². The topological polar surface area (TPSA) is 69.2 Å². The number of hydrogen-bond donors (Lipinski definition) is 2. The summed E-state index contributed by atoms with van der Waals surface area (Å²) in [6.45, 7) is 17.3. The van der Waals surface area contributed by atoms with E-state index in [0.717, 1.165) is 64.9 Å². The van der Waals surface area contributed by atoms with E-state index in [1.54, 1.807) is 0 Å². The number of likely N-dealkylation sites (tertiary alicyclic amines) is 1. The van der Waals surface area contributed by atoms with Crippen molar-refractivity contribution < 1.29 is 9.53 Å². The number of nitrogens with zero attached hydrogens (tertiary/aromatic N) is 3. The molecule has 2 atom stereocenters. The molecule has 1 amide bonds. The molecule has 2 aliphatic heterocycles. The van der Waals surface area contributed by atoms with Crippen LogP contribution in [0.1, 0.15) is 41.0 Å². The second-order valence-corrected chi connectivity index (χ2v) is 8.25. The minimum atomic E-state index is 0.0611. The van der Waals surface area contributed by atoms with E-state index in [2.05, 4.69) is 36.3 Å². The summed E-state index contributed by atoms with van der Waals surface area (Å²) in [4.78, 5) is 21.6. The largest absolute Gasteiger partial charge is 0.379 e. The van der Waals surface area contributed by atoms with Crippen LogP contribution in [0, 0.1) is 11.8 Å². The zero-order valence-electron chi connectivity index (χ0n) is 17.8. The van der Waals surface area contributed by atoms with Gasteiger partial charge in [0.1, 0.15) is 0 Å². The summed E-state index contributed by atoms with van der Waals surface area (Å²) in [5.74, 6) is 1.71. The van der Waals surface area contributed by atoms with Crippen LogP contribution in [-0.2, 0) is 9.53 Å². The van der Waals surface area contributed by atoms with E-state index in [0.29, 0.717) is 12.0 Å². The van der Waals surface area contributed by atoms with Gasteiger partial charge in [-0.25, -0.2) is 0 Å². The number of aliphatic imine (C=N–C) groups is 1. The fourth-order valence-corrected chi connectivity index (χ4v) is 3.80. The molecule has 2 heterocycles. The van der Waals surface area contributed by atoms with Crippen LogP contribution < -0.4 is 10.6 Å². The lowest BCUT2D eigenvalue weighted by Crippen LogP contribution is -2.49. The summed E-state index contributed by atoms with van der Waals surface area (Å²) in [7, 11) is 0. The first-order valence-corrected chi connectivity index (χ1v) is 10.6. The third-order valence-electron chi connectivity index (χ3n) is 5.40. The molecule has 0 aromatic rings. The summed E-state index contributed by atoms with van der Waals surface area (Å²) in [5.41, 5.74) is 0. The summed E-state index contributed by atoms with van der Waals surface area (Å²) >= 11 is 0. The number of carbonyl (C=O) groups is 1. The van der Waals surface area contributed by atoms with E-state index >= 15 is 0 Å². The minimum absolute atomic E-state index is 0.0611. The molecule has 2 N–H and O–H groups in total. The van der Waals surface area contributed by atoms with Crippen LogP contribution in [0.25, 0.3) is 0 Å². The SMILES string of the molecule is CCNC(=NCC(C(C)C)N1CCOCC1)NC1CCN(C(=O)C(C)C)C1. The molecule has 2 saturated heterocycles. The molecule has 2 fully saturated rings. The van der Waals surface area contributed by atoms with Crippen LogP contribution >= 0.6 is 0 Å². The summed E-state index contributed by atoms with van der Waals surface area (Å²) < 4.78 is 5.49. The van der Waals surface area contributed by atoms with Gasteiger partial charge in [-0.15, -0.1) is 0 Å². The molecule has 0 bridgehead atoms. The molecule has 0 aromatic carbocycles. The third kappa shape index (κ3) is 6.64. The Balaban J connectivity index is 1.93. The Morgan fingerprint density at radius 3 is 2.48 bits per heavy atom. The zero-order chi connectivity index (χ0) is 19.8. The van der Waals surface area contributed by atoms with Gasteiger partial charge < -0.3 is 20.3 Å². The molecular formula is C20H39N5O2. The van der Waals surface area contributed by atoms with Crippen molar-refractivity contribution in [3.63, 3.8) is 0 Å². The molecule has 0 radical (unpaired) electrons. The second-order valence-electron chi connectivity index (χ2n) is 8.25. The van der Waals surface area contributed by atoms with Crippen molar-refractivity contribution in [3.8, 4) is 0 Å². The maximum Gasteiger partial charge on any atom is 0.225 e. The fourth-order valence-electron chi connectivity index (χ4n) is 3.80. The lowest BCUT2D eigenvalue weighted by molar-refractivity contribution is -0.133. The molecule has 2 unspecified atom stereocenters. The van der Waals surface area contributed by atoms with Crippen molar-refractivity contribution in [2.45, 2.75) is 53.1 Å². The average Bonchev–Trinajstić information content (AvgIpc) is 3.10. The summed E-state index contributed by atoms with van der Waals surface area (Å²) in [6, 6.07) is 0.693. The molecule has 7 heteroatoms. The first-order chi connectivity index (χ1) is 12.9. The van der Waals surface area contributed by atoms with Gasteiger partial charge in [0.25, 0.3) is 0 Å². The normalized spacial score (nSPS) is 23.1. The predicted octanol–water partition coefficient (Wildman–Crippen LogP) is 1.16. The third-order valence-corrected chi connectivity index (χ3v) is 5.40.